The molecule has 1 amide bonds. The highest BCUT2D eigenvalue weighted by Gasteiger charge is 2.20. The summed E-state index contributed by atoms with van der Waals surface area (Å²) in [4.78, 5) is 40.7. The molecule has 0 saturated carbocycles. The van der Waals surface area contributed by atoms with Crippen LogP contribution in [0.5, 0.6) is 0 Å². The molecule has 4 rings (SSSR count). The number of hydrazone groups is 1. The van der Waals surface area contributed by atoms with Crippen molar-refractivity contribution in [2.24, 2.45) is 5.10 Å². The third-order valence-electron chi connectivity index (χ3n) is 5.31. The van der Waals surface area contributed by atoms with Crippen LogP contribution in [-0.4, -0.2) is 26.9 Å². The van der Waals surface area contributed by atoms with Crippen molar-refractivity contribution in [3.05, 3.63) is 103 Å². The Morgan fingerprint density at radius 3 is 2.62 bits per heavy atom. The lowest BCUT2D eigenvalue weighted by atomic mass is 10.1. The first-order valence-electron chi connectivity index (χ1n) is 10.4. The molecule has 2 aromatic heterocycles. The summed E-state index contributed by atoms with van der Waals surface area (Å²) in [5.74, 6) is -0.722. The van der Waals surface area contributed by atoms with Crippen LogP contribution < -0.4 is 16.5 Å². The minimum absolute atomic E-state index is 0.127. The van der Waals surface area contributed by atoms with Gasteiger partial charge in [0.1, 0.15) is 11.6 Å². The van der Waals surface area contributed by atoms with Crippen molar-refractivity contribution in [3.63, 3.8) is 0 Å². The van der Waals surface area contributed by atoms with Gasteiger partial charge in [-0.3, -0.25) is 14.4 Å². The van der Waals surface area contributed by atoms with Crippen molar-refractivity contribution >= 4 is 23.0 Å². The van der Waals surface area contributed by atoms with E-state index in [-0.39, 0.29) is 27.9 Å². The number of aromatic amines is 1. The Balaban J connectivity index is 1.68. The largest absolute Gasteiger partial charge is 0.321 e. The first-order valence-corrected chi connectivity index (χ1v) is 10.4. The fourth-order valence-electron chi connectivity index (χ4n) is 3.54. The van der Waals surface area contributed by atoms with Gasteiger partial charge in [-0.2, -0.15) is 20.1 Å². The molecule has 0 aliphatic heterocycles. The lowest BCUT2D eigenvalue weighted by molar-refractivity contribution is 0.0947. The van der Waals surface area contributed by atoms with Gasteiger partial charge in [0.2, 0.25) is 0 Å². The molecule has 2 N–H and O–H groups in total. The summed E-state index contributed by atoms with van der Waals surface area (Å²) in [6, 6.07) is 16.1. The van der Waals surface area contributed by atoms with Crippen LogP contribution in [0.4, 0.5) is 0 Å². The smallest absolute Gasteiger partial charge is 0.292 e. The molecular weight excluding hydrogens is 432 g/mol. The zero-order valence-corrected chi connectivity index (χ0v) is 18.7. The van der Waals surface area contributed by atoms with Crippen LogP contribution in [0.1, 0.15) is 38.3 Å². The van der Waals surface area contributed by atoms with Crippen LogP contribution in [-0.2, 0) is 0 Å². The fraction of sp³-hybridized carbons (Fsp3) is 0.120. The number of carbonyl (C=O) groups excluding carboxylic acids is 1. The van der Waals surface area contributed by atoms with Gasteiger partial charge >= 0.3 is 0 Å². The maximum absolute atomic E-state index is 12.8. The minimum Gasteiger partial charge on any atom is -0.321 e. The third kappa shape index (κ3) is 4.25. The highest BCUT2D eigenvalue weighted by Crippen LogP contribution is 2.13. The Morgan fingerprint density at radius 2 is 1.88 bits per heavy atom. The van der Waals surface area contributed by atoms with E-state index in [1.165, 1.54) is 13.1 Å². The molecule has 168 valence electrons. The summed E-state index contributed by atoms with van der Waals surface area (Å²) in [6.45, 7) is 5.27. The number of aryl methyl sites for hydroxylation is 2. The number of nitrogens with one attached hydrogen (secondary N) is 2. The van der Waals surface area contributed by atoms with Crippen molar-refractivity contribution in [2.75, 3.05) is 0 Å². The SMILES string of the molecule is Cc1cccc(-n2nc(C(=O)N/N=C/c3cc4cc(C)ccc4[nH]c3=O)c(C)c(C#N)c2=O)c1. The van der Waals surface area contributed by atoms with Crippen molar-refractivity contribution in [3.8, 4) is 11.8 Å². The average molecular weight is 452 g/mol. The van der Waals surface area contributed by atoms with Gasteiger partial charge in [0.05, 0.1) is 17.5 Å². The van der Waals surface area contributed by atoms with Crippen LogP contribution in [0.2, 0.25) is 0 Å². The van der Waals surface area contributed by atoms with E-state index in [4.69, 9.17) is 0 Å². The fourth-order valence-corrected chi connectivity index (χ4v) is 3.54. The number of H-pyrrole nitrogens is 1. The second-order valence-electron chi connectivity index (χ2n) is 7.86. The Hall–Kier alpha value is -4.84. The Labute approximate surface area is 194 Å². The topological polar surface area (TPSA) is 133 Å². The molecule has 0 aliphatic rings. The maximum Gasteiger partial charge on any atom is 0.292 e. The van der Waals surface area contributed by atoms with E-state index in [2.05, 4.69) is 20.6 Å². The van der Waals surface area contributed by atoms with Crippen molar-refractivity contribution < 1.29 is 4.79 Å². The van der Waals surface area contributed by atoms with E-state index in [0.29, 0.717) is 11.2 Å². The van der Waals surface area contributed by atoms with Crippen molar-refractivity contribution in [2.45, 2.75) is 20.8 Å². The average Bonchev–Trinajstić information content (AvgIpc) is 2.80. The van der Waals surface area contributed by atoms with Gasteiger partial charge in [-0.15, -0.1) is 0 Å². The molecule has 2 aromatic carbocycles. The summed E-state index contributed by atoms with van der Waals surface area (Å²) >= 11 is 0. The molecule has 0 spiro atoms. The van der Waals surface area contributed by atoms with Gasteiger partial charge in [0.15, 0.2) is 5.69 Å². The third-order valence-corrected chi connectivity index (χ3v) is 5.31. The Bertz CT molecular complexity index is 1640. The van der Waals surface area contributed by atoms with Gasteiger partial charge in [0.25, 0.3) is 17.0 Å². The lowest BCUT2D eigenvalue weighted by Gasteiger charge is -2.11. The molecular formula is C25H20N6O3. The van der Waals surface area contributed by atoms with Crippen LogP contribution >= 0.6 is 0 Å². The predicted molar refractivity (Wildman–Crippen MR) is 128 cm³/mol. The van der Waals surface area contributed by atoms with E-state index in [1.54, 1.807) is 24.3 Å². The number of hydrogen-bond acceptors (Lipinski definition) is 6. The Morgan fingerprint density at radius 1 is 1.12 bits per heavy atom. The number of nitriles is 1. The van der Waals surface area contributed by atoms with Crippen molar-refractivity contribution in [1.82, 2.24) is 20.2 Å². The summed E-state index contributed by atoms with van der Waals surface area (Å²) in [7, 11) is 0. The number of amides is 1. The number of nitrogens with zero attached hydrogens (tertiary/aromatic N) is 4. The van der Waals surface area contributed by atoms with E-state index < -0.39 is 11.5 Å². The maximum atomic E-state index is 12.8. The molecule has 34 heavy (non-hydrogen) atoms. The van der Waals surface area contributed by atoms with Crippen LogP contribution in [0.15, 0.2) is 63.2 Å². The standard InChI is InChI=1S/C25H20N6O3/c1-14-5-4-6-19(10-14)31-25(34)20(12-26)16(3)22(30-31)24(33)29-27-13-18-11-17-9-15(2)7-8-21(17)28-23(18)32/h4-11,13H,1-3H3,(H,28,32)(H,29,33)/b27-13+. The monoisotopic (exact) mass is 452 g/mol. The van der Waals surface area contributed by atoms with Crippen molar-refractivity contribution in [1.29, 1.82) is 5.26 Å². The first kappa shape index (κ1) is 22.4. The van der Waals surface area contributed by atoms with E-state index >= 15 is 0 Å². The molecule has 0 fully saturated rings. The first-order chi connectivity index (χ1) is 16.3. The predicted octanol–water partition coefficient (Wildman–Crippen LogP) is 2.63. The van der Waals surface area contributed by atoms with Gasteiger partial charge in [-0.05, 0) is 62.1 Å². The van der Waals surface area contributed by atoms with Gasteiger partial charge < -0.3 is 4.98 Å². The number of fused-ring (bicyclic) bond motifs is 1. The molecule has 0 radical (unpaired) electrons. The number of hydrogen-bond donors (Lipinski definition) is 2. The van der Waals surface area contributed by atoms with E-state index in [0.717, 1.165) is 21.2 Å². The number of aromatic nitrogens is 3. The number of pyridine rings is 1. The zero-order chi connectivity index (χ0) is 24.4. The summed E-state index contributed by atoms with van der Waals surface area (Å²) in [5.41, 5.74) is 4.47. The second kappa shape index (κ2) is 8.96. The minimum atomic E-state index is -0.722. The quantitative estimate of drug-likeness (QED) is 0.363. The summed E-state index contributed by atoms with van der Waals surface area (Å²) in [6.07, 6.45) is 1.23. The highest BCUT2D eigenvalue weighted by atomic mass is 16.2. The van der Waals surface area contributed by atoms with Gasteiger partial charge in [-0.1, -0.05) is 23.8 Å². The molecule has 0 aliphatic carbocycles. The molecule has 4 aromatic rings. The van der Waals surface area contributed by atoms with Crippen LogP contribution in [0.3, 0.4) is 0 Å². The number of rotatable bonds is 4. The molecule has 0 saturated heterocycles. The van der Waals surface area contributed by atoms with Crippen LogP contribution in [0, 0.1) is 32.1 Å². The van der Waals surface area contributed by atoms with E-state index in [9.17, 15) is 19.6 Å². The summed E-state index contributed by atoms with van der Waals surface area (Å²) < 4.78 is 1.02. The van der Waals surface area contributed by atoms with Gasteiger partial charge in [0, 0.05) is 11.1 Å². The van der Waals surface area contributed by atoms with E-state index in [1.807, 2.05) is 44.2 Å². The molecule has 0 atom stereocenters. The zero-order valence-electron chi connectivity index (χ0n) is 18.7. The molecule has 9 nitrogen and oxygen atoms in total. The second-order valence-corrected chi connectivity index (χ2v) is 7.86. The van der Waals surface area contributed by atoms with Gasteiger partial charge in [-0.25, -0.2) is 5.43 Å². The number of carbonyl (C=O) groups is 1. The normalized spacial score (nSPS) is 11.0. The summed E-state index contributed by atoms with van der Waals surface area (Å²) in [5, 5.41) is 18.4. The highest BCUT2D eigenvalue weighted by molar-refractivity contribution is 5.95. The van der Waals surface area contributed by atoms with Crippen LogP contribution in [0.25, 0.3) is 16.6 Å². The molecule has 2 heterocycles. The lowest BCUT2D eigenvalue weighted by Crippen LogP contribution is -2.31. The molecule has 9 heteroatoms. The molecule has 0 unspecified atom stereocenters. The molecule has 0 bridgehead atoms. The Kier molecular flexibility index (Phi) is 5.89. The number of benzene rings is 2.